The van der Waals surface area contributed by atoms with Gasteiger partial charge in [0.25, 0.3) is 0 Å². The van der Waals surface area contributed by atoms with E-state index in [1.54, 1.807) is 7.11 Å². The molecule has 1 aliphatic rings. The zero-order valence-corrected chi connectivity index (χ0v) is 9.33. The van der Waals surface area contributed by atoms with Crippen LogP contribution in [0.25, 0.3) is 0 Å². The Balaban J connectivity index is 2.27. The molecule has 2 nitrogen and oxygen atoms in total. The lowest BCUT2D eigenvalue weighted by molar-refractivity contribution is 0.387. The largest absolute Gasteiger partial charge is 0.496 e. The molecule has 0 saturated heterocycles. The minimum absolute atomic E-state index is 0.650. The minimum Gasteiger partial charge on any atom is -0.496 e. The molecule has 0 atom stereocenters. The van der Waals surface area contributed by atoms with Crippen molar-refractivity contribution < 1.29 is 4.74 Å². The van der Waals surface area contributed by atoms with E-state index >= 15 is 0 Å². The molecule has 1 aromatic carbocycles. The summed E-state index contributed by atoms with van der Waals surface area (Å²) >= 11 is 0. The topological polar surface area (TPSA) is 35.2 Å². The molecular weight excluding hydrogens is 186 g/mol. The Morgan fingerprint density at radius 2 is 1.93 bits per heavy atom. The van der Waals surface area contributed by atoms with Crippen molar-refractivity contribution in [1.82, 2.24) is 0 Å². The molecule has 2 N–H and O–H groups in total. The van der Waals surface area contributed by atoms with Crippen LogP contribution >= 0.6 is 0 Å². The third kappa shape index (κ3) is 2.25. The summed E-state index contributed by atoms with van der Waals surface area (Å²) in [7, 11) is 1.73. The number of hydrogen-bond acceptors (Lipinski definition) is 2. The number of nitrogen functional groups attached to an aromatic ring is 1. The molecule has 1 aliphatic carbocycles. The van der Waals surface area contributed by atoms with Gasteiger partial charge in [0.1, 0.15) is 5.75 Å². The Labute approximate surface area is 91.4 Å². The van der Waals surface area contributed by atoms with Gasteiger partial charge >= 0.3 is 0 Å². The molecule has 0 amide bonds. The third-order valence-corrected chi connectivity index (χ3v) is 3.30. The summed E-state index contributed by atoms with van der Waals surface area (Å²) in [4.78, 5) is 0. The van der Waals surface area contributed by atoms with Gasteiger partial charge in [-0.25, -0.2) is 0 Å². The van der Waals surface area contributed by atoms with Crippen molar-refractivity contribution in [2.24, 2.45) is 0 Å². The lowest BCUT2D eigenvalue weighted by Crippen LogP contribution is -2.06. The van der Waals surface area contributed by atoms with Gasteiger partial charge < -0.3 is 10.5 Å². The summed E-state index contributed by atoms with van der Waals surface area (Å²) in [6.45, 7) is 0. The van der Waals surface area contributed by atoms with Crippen LogP contribution in [0.3, 0.4) is 0 Å². The fraction of sp³-hybridized carbons (Fsp3) is 0.538. The number of anilines is 1. The van der Waals surface area contributed by atoms with E-state index in [9.17, 15) is 0 Å². The van der Waals surface area contributed by atoms with Crippen molar-refractivity contribution in [3.05, 3.63) is 23.8 Å². The monoisotopic (exact) mass is 205 g/mol. The first kappa shape index (κ1) is 10.3. The van der Waals surface area contributed by atoms with Gasteiger partial charge in [-0.15, -0.1) is 0 Å². The highest BCUT2D eigenvalue weighted by molar-refractivity contribution is 5.49. The van der Waals surface area contributed by atoms with Crippen LogP contribution in [0, 0.1) is 0 Å². The molecule has 1 aromatic rings. The minimum atomic E-state index is 0.650. The summed E-state index contributed by atoms with van der Waals surface area (Å²) in [5.74, 6) is 1.65. The Bertz CT molecular complexity index is 329. The molecule has 0 aromatic heterocycles. The summed E-state index contributed by atoms with van der Waals surface area (Å²) in [6, 6.07) is 5.97. The quantitative estimate of drug-likeness (QED) is 0.752. The summed E-state index contributed by atoms with van der Waals surface area (Å²) in [6.07, 6.45) is 6.60. The van der Waals surface area contributed by atoms with Crippen molar-refractivity contribution in [2.75, 3.05) is 12.8 Å². The lowest BCUT2D eigenvalue weighted by Gasteiger charge is -2.23. The Morgan fingerprint density at radius 3 is 2.60 bits per heavy atom. The zero-order valence-electron chi connectivity index (χ0n) is 9.33. The molecule has 2 heteroatoms. The van der Waals surface area contributed by atoms with E-state index in [2.05, 4.69) is 6.07 Å². The molecule has 0 heterocycles. The fourth-order valence-electron chi connectivity index (χ4n) is 2.49. The van der Waals surface area contributed by atoms with Gasteiger partial charge in [0.15, 0.2) is 0 Å². The highest BCUT2D eigenvalue weighted by Gasteiger charge is 2.18. The number of methoxy groups -OCH3 is 1. The second kappa shape index (κ2) is 4.56. The first-order valence-corrected chi connectivity index (χ1v) is 5.74. The zero-order chi connectivity index (χ0) is 10.7. The maximum absolute atomic E-state index is 5.83. The smallest absolute Gasteiger partial charge is 0.122 e. The predicted octanol–water partition coefficient (Wildman–Crippen LogP) is 3.33. The normalized spacial score (nSPS) is 17.7. The van der Waals surface area contributed by atoms with Gasteiger partial charge in [-0.1, -0.05) is 19.3 Å². The molecule has 2 rings (SSSR count). The van der Waals surface area contributed by atoms with Crippen molar-refractivity contribution >= 4 is 5.69 Å². The van der Waals surface area contributed by atoms with Gasteiger partial charge in [-0.05, 0) is 42.5 Å². The van der Waals surface area contributed by atoms with Gasteiger partial charge in [-0.2, -0.15) is 0 Å². The molecule has 0 bridgehead atoms. The van der Waals surface area contributed by atoms with Crippen molar-refractivity contribution in [3.63, 3.8) is 0 Å². The molecule has 15 heavy (non-hydrogen) atoms. The average molecular weight is 205 g/mol. The first-order valence-electron chi connectivity index (χ1n) is 5.74. The van der Waals surface area contributed by atoms with E-state index in [1.165, 1.54) is 37.7 Å². The van der Waals surface area contributed by atoms with E-state index in [4.69, 9.17) is 10.5 Å². The summed E-state index contributed by atoms with van der Waals surface area (Å²) in [5.41, 5.74) is 7.98. The number of ether oxygens (including phenoxy) is 1. The van der Waals surface area contributed by atoms with E-state index in [0.717, 1.165) is 11.4 Å². The van der Waals surface area contributed by atoms with E-state index < -0.39 is 0 Å². The Kier molecular flexibility index (Phi) is 3.14. The number of rotatable bonds is 2. The molecule has 1 saturated carbocycles. The van der Waals surface area contributed by atoms with Gasteiger partial charge in [0.05, 0.1) is 7.11 Å². The molecule has 0 unspecified atom stereocenters. The molecule has 0 spiro atoms. The Hall–Kier alpha value is -1.18. The van der Waals surface area contributed by atoms with E-state index in [-0.39, 0.29) is 0 Å². The SMILES string of the molecule is COc1ccc(N)cc1C1CCCCC1. The van der Waals surface area contributed by atoms with Gasteiger partial charge in [0, 0.05) is 5.69 Å². The second-order valence-electron chi connectivity index (χ2n) is 4.34. The molecular formula is C13H19NO. The number of benzene rings is 1. The third-order valence-electron chi connectivity index (χ3n) is 3.30. The maximum Gasteiger partial charge on any atom is 0.122 e. The van der Waals surface area contributed by atoms with Crippen molar-refractivity contribution in [3.8, 4) is 5.75 Å². The molecule has 1 fully saturated rings. The van der Waals surface area contributed by atoms with Crippen LogP contribution < -0.4 is 10.5 Å². The highest BCUT2D eigenvalue weighted by Crippen LogP contribution is 2.38. The lowest BCUT2D eigenvalue weighted by atomic mass is 9.83. The fourth-order valence-corrected chi connectivity index (χ4v) is 2.49. The summed E-state index contributed by atoms with van der Waals surface area (Å²) in [5, 5.41) is 0. The van der Waals surface area contributed by atoms with Gasteiger partial charge in [-0.3, -0.25) is 0 Å². The van der Waals surface area contributed by atoms with Crippen molar-refractivity contribution in [2.45, 2.75) is 38.0 Å². The molecule has 0 aliphatic heterocycles. The second-order valence-corrected chi connectivity index (χ2v) is 4.34. The van der Waals surface area contributed by atoms with Crippen LogP contribution in [0.4, 0.5) is 5.69 Å². The Morgan fingerprint density at radius 1 is 1.20 bits per heavy atom. The average Bonchev–Trinajstić information content (AvgIpc) is 2.30. The van der Waals surface area contributed by atoms with E-state index in [1.807, 2.05) is 12.1 Å². The standard InChI is InChI=1S/C13H19NO/c1-15-13-8-7-11(14)9-12(13)10-5-3-2-4-6-10/h7-10H,2-6,14H2,1H3. The molecule has 82 valence electrons. The van der Waals surface area contributed by atoms with Crippen LogP contribution in [-0.2, 0) is 0 Å². The predicted molar refractivity (Wildman–Crippen MR) is 63.2 cm³/mol. The van der Waals surface area contributed by atoms with Gasteiger partial charge in [0.2, 0.25) is 0 Å². The van der Waals surface area contributed by atoms with Crippen LogP contribution in [-0.4, -0.2) is 7.11 Å². The van der Waals surface area contributed by atoms with E-state index in [0.29, 0.717) is 5.92 Å². The number of nitrogens with two attached hydrogens (primary N) is 1. The van der Waals surface area contributed by atoms with Crippen LogP contribution in [0.15, 0.2) is 18.2 Å². The first-order chi connectivity index (χ1) is 7.31. The maximum atomic E-state index is 5.83. The van der Waals surface area contributed by atoms with Crippen LogP contribution in [0.5, 0.6) is 5.75 Å². The van der Waals surface area contributed by atoms with Crippen molar-refractivity contribution in [1.29, 1.82) is 0 Å². The van der Waals surface area contributed by atoms with Crippen LogP contribution in [0.1, 0.15) is 43.6 Å². The summed E-state index contributed by atoms with van der Waals surface area (Å²) < 4.78 is 5.40. The highest BCUT2D eigenvalue weighted by atomic mass is 16.5. The van der Waals surface area contributed by atoms with Crippen LogP contribution in [0.2, 0.25) is 0 Å². The number of hydrogen-bond donors (Lipinski definition) is 1. The molecule has 0 radical (unpaired) electrons.